The second-order valence-corrected chi connectivity index (χ2v) is 20.0. The molecule has 0 saturated heterocycles. The summed E-state index contributed by atoms with van der Waals surface area (Å²) < 4.78 is 2.45. The van der Waals surface area contributed by atoms with Crippen molar-refractivity contribution in [1.82, 2.24) is 14.5 Å². The van der Waals surface area contributed by atoms with Crippen LogP contribution >= 0.6 is 0 Å². The number of fused-ring (bicyclic) bond motifs is 6. The molecule has 0 radical (unpaired) electrons. The number of benzene rings is 7. The zero-order chi connectivity index (χ0) is 40.3. The van der Waals surface area contributed by atoms with Gasteiger partial charge in [0.05, 0.1) is 22.4 Å². The Bertz CT molecular complexity index is 3140. The summed E-state index contributed by atoms with van der Waals surface area (Å²) in [6.45, 7) is 4.73. The highest BCUT2D eigenvalue weighted by molar-refractivity contribution is 7.20. The number of hydrogen-bond acceptors (Lipinski definition) is 3. The highest BCUT2D eigenvalue weighted by Crippen LogP contribution is 2.54. The fourth-order valence-corrected chi connectivity index (χ4v) is 14.7. The van der Waals surface area contributed by atoms with Crippen LogP contribution in [-0.4, -0.2) is 22.6 Å². The standard InChI is InChI=1S/C55H42N4Si/c1-55(2)48-31-13-15-34-51(48)59(54-52(55)53-47(38-57-54)46-30-12-14-33-50(46)58(53)40-21-6-3-7-22-40)41-23-19-29-45(37-41)60(42-24-8-4-9-25-42,43-26-10-5-11-27-43)44-28-18-20-39(36-44)49-32-16-17-35-56-49/h3-38H,1-2H3. The van der Waals surface area contributed by atoms with Gasteiger partial charge in [-0.25, -0.2) is 4.98 Å². The molecule has 0 atom stereocenters. The summed E-state index contributed by atoms with van der Waals surface area (Å²) in [5.41, 5.74) is 9.90. The Morgan fingerprint density at radius 1 is 0.483 bits per heavy atom. The maximum Gasteiger partial charge on any atom is 0.179 e. The Morgan fingerprint density at radius 3 is 1.82 bits per heavy atom. The number of pyridine rings is 2. The van der Waals surface area contributed by atoms with Gasteiger partial charge in [-0.05, 0) is 74.8 Å². The average molecular weight is 787 g/mol. The molecule has 0 N–H and O–H groups in total. The Morgan fingerprint density at radius 2 is 1.08 bits per heavy atom. The van der Waals surface area contributed by atoms with E-state index >= 15 is 0 Å². The van der Waals surface area contributed by atoms with Crippen molar-refractivity contribution in [3.8, 4) is 16.9 Å². The minimum atomic E-state index is -2.97. The summed E-state index contributed by atoms with van der Waals surface area (Å²) in [4.78, 5) is 12.7. The summed E-state index contributed by atoms with van der Waals surface area (Å²) in [6.07, 6.45) is 3.98. The summed E-state index contributed by atoms with van der Waals surface area (Å²) in [6, 6.07) is 75.3. The number of anilines is 3. The predicted molar refractivity (Wildman–Crippen MR) is 252 cm³/mol. The van der Waals surface area contributed by atoms with Crippen LogP contribution in [0.1, 0.15) is 25.0 Å². The van der Waals surface area contributed by atoms with Crippen molar-refractivity contribution in [2.24, 2.45) is 0 Å². The van der Waals surface area contributed by atoms with E-state index in [0.29, 0.717) is 0 Å². The topological polar surface area (TPSA) is 34.0 Å². The normalized spacial score (nSPS) is 13.3. The number of rotatable bonds is 7. The summed E-state index contributed by atoms with van der Waals surface area (Å²) in [7, 11) is -2.97. The molecule has 1 aliphatic rings. The number of aromatic nitrogens is 3. The molecule has 0 fully saturated rings. The average Bonchev–Trinajstić information content (AvgIpc) is 3.65. The number of nitrogens with zero attached hydrogens (tertiary/aromatic N) is 4. The Balaban J connectivity index is 1.21. The minimum absolute atomic E-state index is 0.369. The van der Waals surface area contributed by atoms with Crippen molar-refractivity contribution in [2.45, 2.75) is 19.3 Å². The molecule has 60 heavy (non-hydrogen) atoms. The lowest BCUT2D eigenvalue weighted by atomic mass is 9.74. The lowest BCUT2D eigenvalue weighted by molar-refractivity contribution is 0.631. The second kappa shape index (κ2) is 14.2. The molecule has 0 spiro atoms. The van der Waals surface area contributed by atoms with Crippen LogP contribution in [0.3, 0.4) is 0 Å². The highest BCUT2D eigenvalue weighted by Gasteiger charge is 2.44. The van der Waals surface area contributed by atoms with Gasteiger partial charge in [0.15, 0.2) is 8.07 Å². The summed E-state index contributed by atoms with van der Waals surface area (Å²) in [5.74, 6) is 0.951. The van der Waals surface area contributed by atoms with Crippen molar-refractivity contribution < 1.29 is 0 Å². The fourth-order valence-electron chi connectivity index (χ4n) is 9.94. The van der Waals surface area contributed by atoms with Crippen LogP contribution in [0, 0.1) is 0 Å². The van der Waals surface area contributed by atoms with Gasteiger partial charge in [-0.2, -0.15) is 0 Å². The van der Waals surface area contributed by atoms with E-state index in [4.69, 9.17) is 9.97 Å². The summed E-state index contributed by atoms with van der Waals surface area (Å²) >= 11 is 0. The Labute approximate surface area is 351 Å². The van der Waals surface area contributed by atoms with Crippen LogP contribution in [-0.2, 0) is 5.41 Å². The Hall–Kier alpha value is -7.34. The van der Waals surface area contributed by atoms with Gasteiger partial charge in [0.1, 0.15) is 5.82 Å². The molecule has 0 saturated carbocycles. The van der Waals surface area contributed by atoms with Crippen LogP contribution in [0.15, 0.2) is 219 Å². The van der Waals surface area contributed by atoms with E-state index < -0.39 is 8.07 Å². The molecule has 3 aromatic heterocycles. The zero-order valence-electron chi connectivity index (χ0n) is 33.6. The molecule has 10 aromatic rings. The van der Waals surface area contributed by atoms with Gasteiger partial charge < -0.3 is 4.57 Å². The SMILES string of the molecule is CC1(C)c2ccccc2N(c2cccc([Si](c3ccccc3)(c3ccccc3)c3cccc(-c4ccccn4)c3)c2)c2ncc3c4ccccc4n(-c4ccccc4)c3c21. The minimum Gasteiger partial charge on any atom is -0.309 e. The predicted octanol–water partition coefficient (Wildman–Crippen LogP) is 10.7. The quantitative estimate of drug-likeness (QED) is 0.119. The molecule has 0 aliphatic carbocycles. The first-order valence-electron chi connectivity index (χ1n) is 20.7. The van der Waals surface area contributed by atoms with E-state index in [-0.39, 0.29) is 5.41 Å². The smallest absolute Gasteiger partial charge is 0.179 e. The molecule has 11 rings (SSSR count). The molecular formula is C55H42N4Si. The van der Waals surface area contributed by atoms with E-state index in [0.717, 1.165) is 39.5 Å². The third kappa shape index (κ3) is 5.43. The first-order valence-corrected chi connectivity index (χ1v) is 22.7. The van der Waals surface area contributed by atoms with E-state index in [9.17, 15) is 0 Å². The van der Waals surface area contributed by atoms with Gasteiger partial charge in [0.2, 0.25) is 0 Å². The third-order valence-corrected chi connectivity index (χ3v) is 17.3. The lowest BCUT2D eigenvalue weighted by Gasteiger charge is -2.42. The van der Waals surface area contributed by atoms with E-state index in [1.54, 1.807) is 0 Å². The first kappa shape index (κ1) is 35.8. The zero-order valence-corrected chi connectivity index (χ0v) is 34.6. The molecule has 4 heterocycles. The van der Waals surface area contributed by atoms with Gasteiger partial charge in [-0.3, -0.25) is 9.88 Å². The monoisotopic (exact) mass is 786 g/mol. The molecule has 0 unspecified atom stereocenters. The van der Waals surface area contributed by atoms with Crippen molar-refractivity contribution in [3.63, 3.8) is 0 Å². The lowest BCUT2D eigenvalue weighted by Crippen LogP contribution is -2.74. The van der Waals surface area contributed by atoms with Crippen LogP contribution < -0.4 is 25.6 Å². The molecular weight excluding hydrogens is 745 g/mol. The van der Waals surface area contributed by atoms with Crippen molar-refractivity contribution in [3.05, 3.63) is 230 Å². The van der Waals surface area contributed by atoms with Crippen molar-refractivity contribution in [1.29, 1.82) is 0 Å². The van der Waals surface area contributed by atoms with Gasteiger partial charge >= 0.3 is 0 Å². The Kier molecular flexibility index (Phi) is 8.46. The molecule has 5 heteroatoms. The van der Waals surface area contributed by atoms with Crippen LogP contribution in [0.5, 0.6) is 0 Å². The maximum absolute atomic E-state index is 5.49. The van der Waals surface area contributed by atoms with E-state index in [1.807, 2.05) is 12.3 Å². The van der Waals surface area contributed by atoms with Crippen LogP contribution in [0.4, 0.5) is 17.2 Å². The van der Waals surface area contributed by atoms with Gasteiger partial charge in [-0.15, -0.1) is 0 Å². The van der Waals surface area contributed by atoms with Crippen LogP contribution in [0.25, 0.3) is 38.8 Å². The maximum atomic E-state index is 5.49. The number of para-hydroxylation sites is 3. The first-order chi connectivity index (χ1) is 29.5. The van der Waals surface area contributed by atoms with Crippen molar-refractivity contribution >= 4 is 67.8 Å². The van der Waals surface area contributed by atoms with E-state index in [1.165, 1.54) is 48.3 Å². The van der Waals surface area contributed by atoms with E-state index in [2.05, 4.69) is 230 Å². The molecule has 0 amide bonds. The second-order valence-electron chi connectivity index (χ2n) is 16.2. The molecule has 1 aliphatic heterocycles. The number of hydrogen-bond donors (Lipinski definition) is 0. The third-order valence-electron chi connectivity index (χ3n) is 12.6. The molecule has 0 bridgehead atoms. The van der Waals surface area contributed by atoms with Crippen LogP contribution in [0.2, 0.25) is 0 Å². The van der Waals surface area contributed by atoms with Crippen molar-refractivity contribution in [2.75, 3.05) is 4.90 Å². The largest absolute Gasteiger partial charge is 0.309 e. The van der Waals surface area contributed by atoms with Gasteiger partial charge in [0.25, 0.3) is 0 Å². The van der Waals surface area contributed by atoms with Gasteiger partial charge in [-0.1, -0.05) is 172 Å². The van der Waals surface area contributed by atoms with Gasteiger partial charge in [0, 0.05) is 51.1 Å². The molecule has 7 aromatic carbocycles. The molecule has 4 nitrogen and oxygen atoms in total. The fraction of sp³-hybridized carbons (Fsp3) is 0.0545. The summed E-state index contributed by atoms with van der Waals surface area (Å²) in [5, 5.41) is 7.58. The molecule has 286 valence electrons. The highest BCUT2D eigenvalue weighted by atomic mass is 28.3.